The maximum atomic E-state index is 6.50. The van der Waals surface area contributed by atoms with Gasteiger partial charge in [-0.1, -0.05) is 17.7 Å². The molecule has 6 rings (SSSR count). The minimum atomic E-state index is 0.340. The lowest BCUT2D eigenvalue weighted by atomic mass is 10.0. The number of aromatic nitrogens is 3. The number of nitrogens with two attached hydrogens (primary N) is 1. The van der Waals surface area contributed by atoms with Crippen LogP contribution in [0.25, 0.3) is 10.9 Å². The van der Waals surface area contributed by atoms with E-state index in [-0.39, 0.29) is 0 Å². The predicted octanol–water partition coefficient (Wildman–Crippen LogP) is 5.55. The fourth-order valence-electron chi connectivity index (χ4n) is 5.80. The van der Waals surface area contributed by atoms with Gasteiger partial charge in [-0.05, 0) is 74.0 Å². The van der Waals surface area contributed by atoms with Crippen molar-refractivity contribution in [3.05, 3.63) is 71.8 Å². The Bertz CT molecular complexity index is 1420. The molecule has 2 aromatic carbocycles. The van der Waals surface area contributed by atoms with Gasteiger partial charge in [0.15, 0.2) is 0 Å². The highest BCUT2D eigenvalue weighted by Crippen LogP contribution is 2.41. The fraction of sp³-hybridized carbons (Fsp3) is 0.345. The van der Waals surface area contributed by atoms with E-state index in [1.807, 2.05) is 42.5 Å². The quantitative estimate of drug-likeness (QED) is 0.286. The molecule has 0 radical (unpaired) electrons. The van der Waals surface area contributed by atoms with Crippen molar-refractivity contribution in [1.82, 2.24) is 19.9 Å². The van der Waals surface area contributed by atoms with Crippen LogP contribution in [0.3, 0.4) is 0 Å². The molecule has 1 saturated heterocycles. The monoisotopic (exact) mass is 530 g/mol. The molecule has 0 bridgehead atoms. The molecule has 1 aliphatic heterocycles. The molecule has 4 aromatic rings. The first-order valence-corrected chi connectivity index (χ1v) is 13.3. The van der Waals surface area contributed by atoms with E-state index in [0.29, 0.717) is 47.2 Å². The van der Waals surface area contributed by atoms with Gasteiger partial charge < -0.3 is 25.4 Å². The first-order chi connectivity index (χ1) is 18.5. The van der Waals surface area contributed by atoms with Crippen LogP contribution in [0.15, 0.2) is 61.1 Å². The second kappa shape index (κ2) is 10.6. The van der Waals surface area contributed by atoms with E-state index in [4.69, 9.17) is 26.8 Å². The van der Waals surface area contributed by atoms with Gasteiger partial charge in [-0.15, -0.1) is 0 Å². The van der Waals surface area contributed by atoms with Crippen LogP contribution in [0, 0.1) is 17.8 Å². The van der Waals surface area contributed by atoms with Gasteiger partial charge in [0.25, 0.3) is 0 Å². The molecule has 2 aliphatic rings. The first kappa shape index (κ1) is 24.7. The summed E-state index contributed by atoms with van der Waals surface area (Å²) in [6, 6.07) is 15.0. The molecular weight excluding hydrogens is 500 g/mol. The van der Waals surface area contributed by atoms with E-state index in [1.54, 1.807) is 12.3 Å². The highest BCUT2D eigenvalue weighted by atomic mass is 35.5. The van der Waals surface area contributed by atoms with Gasteiger partial charge in [0, 0.05) is 36.4 Å². The SMILES string of the molecule is CN1C[C@H]2CC(COc3cc4ncnc(Nc5ccc(OCc6ccccn6)c(Cl)c5)c4cc3N)C[C@H]2C1. The van der Waals surface area contributed by atoms with Gasteiger partial charge in [0.05, 0.1) is 28.5 Å². The summed E-state index contributed by atoms with van der Waals surface area (Å²) in [5.74, 6) is 4.09. The molecule has 8 nitrogen and oxygen atoms in total. The number of likely N-dealkylation sites (tertiary alicyclic amines) is 1. The number of ether oxygens (including phenoxy) is 2. The second-order valence-electron chi connectivity index (χ2n) is 10.4. The van der Waals surface area contributed by atoms with Crippen LogP contribution in [-0.4, -0.2) is 46.6 Å². The molecular formula is C29H31ClN6O2. The second-order valence-corrected chi connectivity index (χ2v) is 10.8. The number of fused-ring (bicyclic) bond motifs is 2. The molecule has 2 fully saturated rings. The average molecular weight is 531 g/mol. The Morgan fingerprint density at radius 2 is 1.84 bits per heavy atom. The summed E-state index contributed by atoms with van der Waals surface area (Å²) in [5.41, 5.74) is 9.35. The first-order valence-electron chi connectivity index (χ1n) is 13.0. The van der Waals surface area contributed by atoms with E-state index in [9.17, 15) is 0 Å². The Labute approximate surface area is 227 Å². The number of nitrogens with one attached hydrogen (secondary N) is 1. The van der Waals surface area contributed by atoms with E-state index in [0.717, 1.165) is 34.1 Å². The Hall–Kier alpha value is -3.62. The number of hydrogen-bond donors (Lipinski definition) is 2. The minimum Gasteiger partial charge on any atom is -0.491 e. The van der Waals surface area contributed by atoms with Crippen molar-refractivity contribution in [1.29, 1.82) is 0 Å². The largest absolute Gasteiger partial charge is 0.491 e. The Kier molecular flexibility index (Phi) is 6.91. The lowest BCUT2D eigenvalue weighted by Crippen LogP contribution is -2.18. The number of nitrogens with zero attached hydrogens (tertiary/aromatic N) is 4. The summed E-state index contributed by atoms with van der Waals surface area (Å²) in [6.45, 7) is 3.44. The van der Waals surface area contributed by atoms with Gasteiger partial charge in [0.1, 0.15) is 30.3 Å². The molecule has 3 heterocycles. The maximum Gasteiger partial charge on any atom is 0.144 e. The molecule has 9 heteroatoms. The molecule has 38 heavy (non-hydrogen) atoms. The smallest absolute Gasteiger partial charge is 0.144 e. The van der Waals surface area contributed by atoms with Crippen LogP contribution in [0.1, 0.15) is 18.5 Å². The topological polar surface area (TPSA) is 98.4 Å². The van der Waals surface area contributed by atoms with Gasteiger partial charge in [-0.25, -0.2) is 9.97 Å². The summed E-state index contributed by atoms with van der Waals surface area (Å²) < 4.78 is 12.0. The highest BCUT2D eigenvalue weighted by molar-refractivity contribution is 6.32. The molecule has 3 N–H and O–H groups in total. The Morgan fingerprint density at radius 3 is 2.61 bits per heavy atom. The zero-order valence-electron chi connectivity index (χ0n) is 21.3. The summed E-state index contributed by atoms with van der Waals surface area (Å²) in [7, 11) is 2.22. The molecule has 1 aliphatic carbocycles. The van der Waals surface area contributed by atoms with E-state index >= 15 is 0 Å². The lowest BCUT2D eigenvalue weighted by molar-refractivity contribution is 0.237. The molecule has 3 atom stereocenters. The molecule has 1 saturated carbocycles. The fourth-order valence-corrected chi connectivity index (χ4v) is 6.03. The van der Waals surface area contributed by atoms with Crippen LogP contribution in [0.4, 0.5) is 17.2 Å². The standard InChI is InChI=1S/C29H31ClN6O2/c1-36-13-19-8-18(9-20(19)14-36)15-37-28-12-26-23(11-25(28)31)29(34-17-33-26)35-21-5-6-27(24(30)10-21)38-16-22-4-2-3-7-32-22/h2-7,10-12,17-20H,8-9,13-16,31H2,1H3,(H,33,34,35)/t18?,19-,20+. The maximum absolute atomic E-state index is 6.50. The van der Waals surface area contributed by atoms with Crippen molar-refractivity contribution >= 4 is 39.7 Å². The summed E-state index contributed by atoms with van der Waals surface area (Å²) in [4.78, 5) is 15.6. The number of pyridine rings is 1. The van der Waals surface area contributed by atoms with Crippen molar-refractivity contribution in [3.63, 3.8) is 0 Å². The molecule has 1 unspecified atom stereocenters. The van der Waals surface area contributed by atoms with Crippen LogP contribution in [0.2, 0.25) is 5.02 Å². The zero-order chi connectivity index (χ0) is 26.1. The van der Waals surface area contributed by atoms with Crippen LogP contribution >= 0.6 is 11.6 Å². The molecule has 0 amide bonds. The van der Waals surface area contributed by atoms with E-state index in [2.05, 4.69) is 32.2 Å². The van der Waals surface area contributed by atoms with Crippen molar-refractivity contribution in [2.24, 2.45) is 17.8 Å². The van der Waals surface area contributed by atoms with Crippen molar-refractivity contribution in [3.8, 4) is 11.5 Å². The number of halogens is 1. The number of hydrogen-bond acceptors (Lipinski definition) is 8. The average Bonchev–Trinajstić information content (AvgIpc) is 3.45. The van der Waals surface area contributed by atoms with Gasteiger partial charge in [-0.3, -0.25) is 4.98 Å². The summed E-state index contributed by atoms with van der Waals surface area (Å²) in [6.07, 6.45) is 5.73. The number of benzene rings is 2. The van der Waals surface area contributed by atoms with E-state index < -0.39 is 0 Å². The molecule has 0 spiro atoms. The summed E-state index contributed by atoms with van der Waals surface area (Å²) in [5, 5.41) is 4.63. The number of anilines is 3. The number of rotatable bonds is 8. The highest BCUT2D eigenvalue weighted by Gasteiger charge is 2.39. The molecule has 2 aromatic heterocycles. The van der Waals surface area contributed by atoms with Crippen LogP contribution in [-0.2, 0) is 6.61 Å². The molecule has 196 valence electrons. The van der Waals surface area contributed by atoms with Gasteiger partial charge in [0.2, 0.25) is 0 Å². The van der Waals surface area contributed by atoms with Crippen molar-refractivity contribution in [2.75, 3.05) is 37.8 Å². The van der Waals surface area contributed by atoms with Gasteiger partial charge in [-0.2, -0.15) is 0 Å². The van der Waals surface area contributed by atoms with Crippen molar-refractivity contribution < 1.29 is 9.47 Å². The zero-order valence-corrected chi connectivity index (χ0v) is 22.1. The third-order valence-electron chi connectivity index (χ3n) is 7.57. The Morgan fingerprint density at radius 1 is 1.00 bits per heavy atom. The van der Waals surface area contributed by atoms with Crippen LogP contribution < -0.4 is 20.5 Å². The van der Waals surface area contributed by atoms with Gasteiger partial charge >= 0.3 is 0 Å². The number of nitrogen functional groups attached to an aromatic ring is 1. The lowest BCUT2D eigenvalue weighted by Gasteiger charge is -2.17. The van der Waals surface area contributed by atoms with E-state index in [1.165, 1.54) is 32.3 Å². The predicted molar refractivity (Wildman–Crippen MR) is 150 cm³/mol. The van der Waals surface area contributed by atoms with Crippen molar-refractivity contribution in [2.45, 2.75) is 19.4 Å². The summed E-state index contributed by atoms with van der Waals surface area (Å²) >= 11 is 6.50. The third-order valence-corrected chi connectivity index (χ3v) is 7.86. The Balaban J connectivity index is 1.13. The van der Waals surface area contributed by atoms with Crippen LogP contribution in [0.5, 0.6) is 11.5 Å². The minimum absolute atomic E-state index is 0.340. The third kappa shape index (κ3) is 5.33. The normalized spacial score (nSPS) is 20.9.